The molecule has 0 fully saturated rings. The number of primary amides is 1. The fourth-order valence-electron chi connectivity index (χ4n) is 1.49. The van der Waals surface area contributed by atoms with Gasteiger partial charge in [0.15, 0.2) is 0 Å². The van der Waals surface area contributed by atoms with E-state index in [1.54, 1.807) is 6.20 Å². The number of amides is 1. The van der Waals surface area contributed by atoms with E-state index in [4.69, 9.17) is 5.73 Å². The summed E-state index contributed by atoms with van der Waals surface area (Å²) >= 11 is 1.53. The zero-order valence-corrected chi connectivity index (χ0v) is 8.60. The average molecular weight is 206 g/mol. The lowest BCUT2D eigenvalue weighted by Crippen LogP contribution is -2.14. The molecule has 2 heterocycles. The van der Waals surface area contributed by atoms with Gasteiger partial charge in [-0.1, -0.05) is 6.92 Å². The summed E-state index contributed by atoms with van der Waals surface area (Å²) in [6.45, 7) is 1.97. The van der Waals surface area contributed by atoms with Crippen molar-refractivity contribution in [1.29, 1.82) is 0 Å². The molecule has 0 aliphatic heterocycles. The molecular weight excluding hydrogens is 196 g/mol. The van der Waals surface area contributed by atoms with E-state index in [9.17, 15) is 4.79 Å². The molecule has 0 unspecified atom stereocenters. The van der Waals surface area contributed by atoms with E-state index >= 15 is 0 Å². The number of nitrogens with two attached hydrogens (primary N) is 1. The lowest BCUT2D eigenvalue weighted by Gasteiger charge is -2.03. The van der Waals surface area contributed by atoms with E-state index in [1.165, 1.54) is 11.3 Å². The molecule has 2 aromatic rings. The second kappa shape index (κ2) is 3.38. The van der Waals surface area contributed by atoms with Crippen molar-refractivity contribution >= 4 is 27.3 Å². The normalized spacial score (nSPS) is 10.6. The molecule has 1 amide bonds. The first-order chi connectivity index (χ1) is 6.74. The Morgan fingerprint density at radius 2 is 2.43 bits per heavy atom. The molecule has 3 nitrogen and oxygen atoms in total. The van der Waals surface area contributed by atoms with E-state index in [2.05, 4.69) is 4.98 Å². The van der Waals surface area contributed by atoms with Gasteiger partial charge in [0.25, 0.3) is 5.91 Å². The van der Waals surface area contributed by atoms with Crippen molar-refractivity contribution in [3.8, 4) is 0 Å². The lowest BCUT2D eigenvalue weighted by molar-refractivity contribution is 0.100. The number of carbonyl (C=O) groups is 1. The fourth-order valence-corrected chi connectivity index (χ4v) is 2.43. The van der Waals surface area contributed by atoms with Gasteiger partial charge in [0, 0.05) is 11.6 Å². The van der Waals surface area contributed by atoms with Crippen molar-refractivity contribution in [2.75, 3.05) is 0 Å². The van der Waals surface area contributed by atoms with Gasteiger partial charge < -0.3 is 5.73 Å². The number of rotatable bonds is 2. The van der Waals surface area contributed by atoms with Gasteiger partial charge in [-0.3, -0.25) is 9.78 Å². The molecule has 0 aliphatic rings. The van der Waals surface area contributed by atoms with Crippen molar-refractivity contribution in [1.82, 2.24) is 4.98 Å². The standard InChI is InChI=1S/C10H10N2OS/c1-2-7-8(10(11)13)9-6(5-12-7)3-4-14-9/h3-5H,2H2,1H3,(H2,11,13). The second-order valence-electron chi connectivity index (χ2n) is 3.00. The number of aromatic nitrogens is 1. The minimum absolute atomic E-state index is 0.387. The molecule has 0 saturated carbocycles. The highest BCUT2D eigenvalue weighted by molar-refractivity contribution is 7.17. The number of nitrogens with zero attached hydrogens (tertiary/aromatic N) is 1. The Hall–Kier alpha value is -1.42. The third-order valence-electron chi connectivity index (χ3n) is 2.15. The highest BCUT2D eigenvalue weighted by Gasteiger charge is 2.13. The first-order valence-electron chi connectivity index (χ1n) is 4.39. The molecule has 4 heteroatoms. The number of pyridine rings is 1. The molecule has 0 atom stereocenters. The van der Waals surface area contributed by atoms with Crippen molar-refractivity contribution in [2.24, 2.45) is 5.73 Å². The van der Waals surface area contributed by atoms with Gasteiger partial charge in [-0.25, -0.2) is 0 Å². The van der Waals surface area contributed by atoms with Crippen molar-refractivity contribution < 1.29 is 4.79 Å². The Morgan fingerprint density at radius 1 is 1.64 bits per heavy atom. The molecule has 0 aromatic carbocycles. The van der Waals surface area contributed by atoms with Crippen LogP contribution in [0.4, 0.5) is 0 Å². The Morgan fingerprint density at radius 3 is 3.07 bits per heavy atom. The van der Waals surface area contributed by atoms with E-state index in [-0.39, 0.29) is 5.91 Å². The third-order valence-corrected chi connectivity index (χ3v) is 3.10. The van der Waals surface area contributed by atoms with E-state index in [1.807, 2.05) is 18.4 Å². The minimum atomic E-state index is -0.387. The number of hydrogen-bond donors (Lipinski definition) is 1. The number of thiophene rings is 1. The fraction of sp³-hybridized carbons (Fsp3) is 0.200. The molecule has 2 aromatic heterocycles. The minimum Gasteiger partial charge on any atom is -0.365 e. The van der Waals surface area contributed by atoms with Crippen molar-refractivity contribution in [3.63, 3.8) is 0 Å². The summed E-state index contributed by atoms with van der Waals surface area (Å²) in [6.07, 6.45) is 2.52. The van der Waals surface area contributed by atoms with Crippen LogP contribution in [0.2, 0.25) is 0 Å². The van der Waals surface area contributed by atoms with Crippen LogP contribution in [0.1, 0.15) is 23.0 Å². The molecule has 0 radical (unpaired) electrons. The SMILES string of the molecule is CCc1ncc2ccsc2c1C(N)=O. The molecule has 14 heavy (non-hydrogen) atoms. The van der Waals surface area contributed by atoms with Gasteiger partial charge in [0.2, 0.25) is 0 Å². The average Bonchev–Trinajstić information content (AvgIpc) is 2.62. The van der Waals surface area contributed by atoms with Crippen LogP contribution in [0, 0.1) is 0 Å². The van der Waals surface area contributed by atoms with Crippen LogP contribution >= 0.6 is 11.3 Å². The monoisotopic (exact) mass is 206 g/mol. The van der Waals surface area contributed by atoms with Crippen LogP contribution in [0.25, 0.3) is 10.1 Å². The van der Waals surface area contributed by atoms with Crippen LogP contribution in [0.5, 0.6) is 0 Å². The summed E-state index contributed by atoms with van der Waals surface area (Å²) < 4.78 is 0.948. The molecule has 2 N–H and O–H groups in total. The van der Waals surface area contributed by atoms with Crippen LogP contribution in [-0.4, -0.2) is 10.9 Å². The summed E-state index contributed by atoms with van der Waals surface area (Å²) in [7, 11) is 0. The smallest absolute Gasteiger partial charge is 0.252 e. The van der Waals surface area contributed by atoms with Crippen molar-refractivity contribution in [3.05, 3.63) is 28.9 Å². The summed E-state index contributed by atoms with van der Waals surface area (Å²) in [5, 5.41) is 2.93. The Labute approximate surface area is 85.6 Å². The summed E-state index contributed by atoms with van der Waals surface area (Å²) in [4.78, 5) is 15.5. The first-order valence-corrected chi connectivity index (χ1v) is 5.27. The predicted molar refractivity (Wildman–Crippen MR) is 57.5 cm³/mol. The zero-order chi connectivity index (χ0) is 10.1. The van der Waals surface area contributed by atoms with Gasteiger partial charge in [0.05, 0.1) is 16.0 Å². The van der Waals surface area contributed by atoms with Crippen molar-refractivity contribution in [2.45, 2.75) is 13.3 Å². The third kappa shape index (κ3) is 1.28. The van der Waals surface area contributed by atoms with Crippen LogP contribution < -0.4 is 5.73 Å². The molecule has 0 bridgehead atoms. The topological polar surface area (TPSA) is 56.0 Å². The van der Waals surface area contributed by atoms with Crippen LogP contribution in [-0.2, 0) is 6.42 Å². The predicted octanol–water partition coefficient (Wildman–Crippen LogP) is 1.96. The zero-order valence-electron chi connectivity index (χ0n) is 7.78. The maximum atomic E-state index is 11.3. The Balaban J connectivity index is 2.82. The van der Waals surface area contributed by atoms with Gasteiger partial charge in [-0.2, -0.15) is 0 Å². The molecular formula is C10H10N2OS. The van der Waals surface area contributed by atoms with E-state index < -0.39 is 0 Å². The number of fused-ring (bicyclic) bond motifs is 1. The summed E-state index contributed by atoms with van der Waals surface area (Å²) in [5.74, 6) is -0.387. The molecule has 2 rings (SSSR count). The first kappa shape index (κ1) is 9.15. The quantitative estimate of drug-likeness (QED) is 0.816. The van der Waals surface area contributed by atoms with Crippen LogP contribution in [0.15, 0.2) is 17.6 Å². The summed E-state index contributed by atoms with van der Waals surface area (Å²) in [5.41, 5.74) is 6.71. The molecule has 0 spiro atoms. The lowest BCUT2D eigenvalue weighted by atomic mass is 10.1. The van der Waals surface area contributed by atoms with Crippen LogP contribution in [0.3, 0.4) is 0 Å². The number of aryl methyl sites for hydroxylation is 1. The maximum absolute atomic E-state index is 11.3. The number of hydrogen-bond acceptors (Lipinski definition) is 3. The number of carbonyl (C=O) groups excluding carboxylic acids is 1. The highest BCUT2D eigenvalue weighted by atomic mass is 32.1. The van der Waals surface area contributed by atoms with E-state index in [0.29, 0.717) is 5.56 Å². The molecule has 0 saturated heterocycles. The summed E-state index contributed by atoms with van der Waals surface area (Å²) in [6, 6.07) is 1.94. The second-order valence-corrected chi connectivity index (χ2v) is 3.92. The molecule has 0 aliphatic carbocycles. The highest BCUT2D eigenvalue weighted by Crippen LogP contribution is 2.25. The van der Waals surface area contributed by atoms with Gasteiger partial charge in [0.1, 0.15) is 0 Å². The Kier molecular flexibility index (Phi) is 2.21. The largest absolute Gasteiger partial charge is 0.365 e. The van der Waals surface area contributed by atoms with E-state index in [0.717, 1.165) is 22.2 Å². The van der Waals surface area contributed by atoms with Gasteiger partial charge in [-0.15, -0.1) is 11.3 Å². The molecule has 72 valence electrons. The maximum Gasteiger partial charge on any atom is 0.252 e. The van der Waals surface area contributed by atoms with Gasteiger partial charge in [-0.05, 0) is 17.9 Å². The van der Waals surface area contributed by atoms with Gasteiger partial charge >= 0.3 is 0 Å². The Bertz CT molecular complexity index is 490.